The number of rotatable bonds is 3. The van der Waals surface area contributed by atoms with Crippen molar-refractivity contribution >= 4 is 0 Å². The molecule has 1 aliphatic heterocycles. The van der Waals surface area contributed by atoms with Gasteiger partial charge in [-0.25, -0.2) is 0 Å². The molecule has 0 unspecified atom stereocenters. The van der Waals surface area contributed by atoms with Crippen LogP contribution in [0.4, 0.5) is 0 Å². The van der Waals surface area contributed by atoms with Crippen LogP contribution in [0.3, 0.4) is 0 Å². The third kappa shape index (κ3) is 3.24. The zero-order chi connectivity index (χ0) is 8.10. The topological polar surface area (TPSA) is 12.0 Å². The van der Waals surface area contributed by atoms with E-state index >= 15 is 0 Å². The third-order valence-electron chi connectivity index (χ3n) is 2.62. The molecule has 2 atom stereocenters. The van der Waals surface area contributed by atoms with Crippen molar-refractivity contribution in [2.75, 3.05) is 0 Å². The van der Waals surface area contributed by atoms with Gasteiger partial charge in [0.2, 0.25) is 0 Å². The van der Waals surface area contributed by atoms with Gasteiger partial charge in [-0.05, 0) is 26.2 Å². The van der Waals surface area contributed by atoms with Gasteiger partial charge in [0.15, 0.2) is 0 Å². The molecule has 0 bridgehead atoms. The van der Waals surface area contributed by atoms with Crippen LogP contribution in [0, 0.1) is 0 Å². The number of unbranched alkanes of at least 4 members (excludes halogenated alkanes) is 1. The standard InChI is InChI=1S/C10H21N/c1-3-4-7-10-8-5-6-9(2)11-10/h9-11H,3-8H2,1-2H3/t9-,10-/m1/s1. The Morgan fingerprint density at radius 2 is 2.18 bits per heavy atom. The molecule has 11 heavy (non-hydrogen) atoms. The van der Waals surface area contributed by atoms with Gasteiger partial charge in [0.1, 0.15) is 0 Å². The summed E-state index contributed by atoms with van der Waals surface area (Å²) in [6.07, 6.45) is 8.34. The predicted molar refractivity (Wildman–Crippen MR) is 49.8 cm³/mol. The van der Waals surface area contributed by atoms with Gasteiger partial charge in [0.25, 0.3) is 0 Å². The molecule has 1 aliphatic rings. The van der Waals surface area contributed by atoms with E-state index in [9.17, 15) is 0 Å². The van der Waals surface area contributed by atoms with Crippen molar-refractivity contribution in [3.63, 3.8) is 0 Å². The first-order valence-electron chi connectivity index (χ1n) is 5.09. The largest absolute Gasteiger partial charge is 0.312 e. The maximum Gasteiger partial charge on any atom is 0.00695 e. The quantitative estimate of drug-likeness (QED) is 0.660. The van der Waals surface area contributed by atoms with Crippen molar-refractivity contribution in [2.24, 2.45) is 0 Å². The first-order valence-corrected chi connectivity index (χ1v) is 5.09. The Hall–Kier alpha value is -0.0400. The normalized spacial score (nSPS) is 32.2. The monoisotopic (exact) mass is 155 g/mol. The Balaban J connectivity index is 2.12. The molecular weight excluding hydrogens is 134 g/mol. The Morgan fingerprint density at radius 1 is 1.36 bits per heavy atom. The van der Waals surface area contributed by atoms with Crippen molar-refractivity contribution < 1.29 is 0 Å². The summed E-state index contributed by atoms with van der Waals surface area (Å²) < 4.78 is 0. The summed E-state index contributed by atoms with van der Waals surface area (Å²) in [5.74, 6) is 0. The highest BCUT2D eigenvalue weighted by molar-refractivity contribution is 4.77. The fraction of sp³-hybridized carbons (Fsp3) is 1.00. The first kappa shape index (κ1) is 9.05. The Bertz CT molecular complexity index is 101. The Kier molecular flexibility index (Phi) is 3.92. The molecule has 1 nitrogen and oxygen atoms in total. The minimum atomic E-state index is 0.769. The molecule has 66 valence electrons. The molecule has 1 fully saturated rings. The molecule has 1 heteroatoms. The predicted octanol–water partition coefficient (Wildman–Crippen LogP) is 2.71. The van der Waals surface area contributed by atoms with Gasteiger partial charge in [0.05, 0.1) is 0 Å². The summed E-state index contributed by atoms with van der Waals surface area (Å²) in [5, 5.41) is 3.65. The maximum atomic E-state index is 3.65. The van der Waals surface area contributed by atoms with E-state index in [1.54, 1.807) is 0 Å². The van der Waals surface area contributed by atoms with Gasteiger partial charge < -0.3 is 5.32 Å². The van der Waals surface area contributed by atoms with E-state index < -0.39 is 0 Å². The van der Waals surface area contributed by atoms with Gasteiger partial charge in [-0.2, -0.15) is 0 Å². The lowest BCUT2D eigenvalue weighted by Gasteiger charge is -2.28. The van der Waals surface area contributed by atoms with Gasteiger partial charge in [-0.15, -0.1) is 0 Å². The third-order valence-corrected chi connectivity index (χ3v) is 2.62. The van der Waals surface area contributed by atoms with Crippen molar-refractivity contribution in [1.29, 1.82) is 0 Å². The van der Waals surface area contributed by atoms with Crippen LogP contribution in [0.5, 0.6) is 0 Å². The zero-order valence-corrected chi connectivity index (χ0v) is 7.90. The van der Waals surface area contributed by atoms with Gasteiger partial charge >= 0.3 is 0 Å². The van der Waals surface area contributed by atoms with Gasteiger partial charge in [-0.1, -0.05) is 26.2 Å². The molecule has 0 amide bonds. The fourth-order valence-electron chi connectivity index (χ4n) is 1.92. The van der Waals surface area contributed by atoms with E-state index in [1.165, 1.54) is 38.5 Å². The summed E-state index contributed by atoms with van der Waals surface area (Å²) >= 11 is 0. The summed E-state index contributed by atoms with van der Waals surface area (Å²) in [7, 11) is 0. The molecule has 0 aromatic heterocycles. The van der Waals surface area contributed by atoms with Gasteiger partial charge in [-0.3, -0.25) is 0 Å². The van der Waals surface area contributed by atoms with Crippen molar-refractivity contribution in [3.05, 3.63) is 0 Å². The number of hydrogen-bond acceptors (Lipinski definition) is 1. The second-order valence-corrected chi connectivity index (χ2v) is 3.84. The lowest BCUT2D eigenvalue weighted by molar-refractivity contribution is 0.317. The van der Waals surface area contributed by atoms with Crippen molar-refractivity contribution in [3.8, 4) is 0 Å². The molecule has 0 aromatic carbocycles. The summed E-state index contributed by atoms with van der Waals surface area (Å²) in [6, 6.07) is 1.60. The van der Waals surface area contributed by atoms with E-state index in [0.717, 1.165) is 12.1 Å². The van der Waals surface area contributed by atoms with Crippen LogP contribution < -0.4 is 5.32 Å². The molecule has 0 aromatic rings. The lowest BCUT2D eigenvalue weighted by atomic mass is 9.96. The van der Waals surface area contributed by atoms with E-state index in [0.29, 0.717) is 0 Å². The van der Waals surface area contributed by atoms with Crippen LogP contribution in [0.1, 0.15) is 52.4 Å². The number of hydrogen-bond donors (Lipinski definition) is 1. The van der Waals surface area contributed by atoms with Crippen LogP contribution in [-0.2, 0) is 0 Å². The second kappa shape index (κ2) is 4.76. The van der Waals surface area contributed by atoms with Crippen LogP contribution in [0.15, 0.2) is 0 Å². The first-order chi connectivity index (χ1) is 5.33. The van der Waals surface area contributed by atoms with Crippen LogP contribution in [-0.4, -0.2) is 12.1 Å². The summed E-state index contributed by atoms with van der Waals surface area (Å²) in [6.45, 7) is 4.57. The molecule has 0 aliphatic carbocycles. The van der Waals surface area contributed by atoms with Crippen molar-refractivity contribution in [1.82, 2.24) is 5.32 Å². The molecular formula is C10H21N. The number of piperidine rings is 1. The smallest absolute Gasteiger partial charge is 0.00695 e. The van der Waals surface area contributed by atoms with E-state index in [4.69, 9.17) is 0 Å². The molecule has 0 radical (unpaired) electrons. The fourth-order valence-corrected chi connectivity index (χ4v) is 1.92. The van der Waals surface area contributed by atoms with Gasteiger partial charge in [0, 0.05) is 12.1 Å². The SMILES string of the molecule is CCCC[C@@H]1CCC[C@@H](C)N1. The maximum absolute atomic E-state index is 3.65. The second-order valence-electron chi connectivity index (χ2n) is 3.84. The minimum Gasteiger partial charge on any atom is -0.312 e. The van der Waals surface area contributed by atoms with Crippen LogP contribution >= 0.6 is 0 Å². The lowest BCUT2D eigenvalue weighted by Crippen LogP contribution is -2.40. The molecule has 1 rings (SSSR count). The van der Waals surface area contributed by atoms with Crippen LogP contribution in [0.25, 0.3) is 0 Å². The molecule has 0 saturated carbocycles. The Labute approximate surface area is 70.6 Å². The zero-order valence-electron chi connectivity index (χ0n) is 7.90. The highest BCUT2D eigenvalue weighted by atomic mass is 15.0. The number of nitrogens with one attached hydrogen (secondary N) is 1. The Morgan fingerprint density at radius 3 is 2.82 bits per heavy atom. The average molecular weight is 155 g/mol. The van der Waals surface area contributed by atoms with Crippen LogP contribution in [0.2, 0.25) is 0 Å². The van der Waals surface area contributed by atoms with Crippen molar-refractivity contribution in [2.45, 2.75) is 64.5 Å². The minimum absolute atomic E-state index is 0.769. The van der Waals surface area contributed by atoms with E-state index in [1.807, 2.05) is 0 Å². The summed E-state index contributed by atoms with van der Waals surface area (Å²) in [4.78, 5) is 0. The molecule has 1 N–H and O–H groups in total. The highest BCUT2D eigenvalue weighted by Gasteiger charge is 2.16. The highest BCUT2D eigenvalue weighted by Crippen LogP contribution is 2.16. The molecule has 1 heterocycles. The summed E-state index contributed by atoms with van der Waals surface area (Å²) in [5.41, 5.74) is 0. The molecule has 1 saturated heterocycles. The molecule has 0 spiro atoms. The van der Waals surface area contributed by atoms with E-state index in [-0.39, 0.29) is 0 Å². The van der Waals surface area contributed by atoms with E-state index in [2.05, 4.69) is 19.2 Å². The average Bonchev–Trinajstić information content (AvgIpc) is 2.01.